The number of ether oxygens (including phenoxy) is 2. The Kier molecular flexibility index (Phi) is 3.41. The minimum atomic E-state index is 0.569. The first-order valence-corrected chi connectivity index (χ1v) is 3.06. The molecule has 0 bridgehead atoms. The molecule has 4 heteroatoms. The van der Waals surface area contributed by atoms with E-state index in [-0.39, 0.29) is 0 Å². The van der Waals surface area contributed by atoms with Gasteiger partial charge in [-0.3, -0.25) is 4.99 Å². The topological polar surface area (TPSA) is 42.8 Å². The lowest BCUT2D eigenvalue weighted by Gasteiger charge is -1.82. The van der Waals surface area contributed by atoms with Gasteiger partial charge >= 0.3 is 0 Å². The van der Waals surface area contributed by atoms with Crippen molar-refractivity contribution in [3.8, 4) is 0 Å². The normalized spacial score (nSPS) is 19.2. The summed E-state index contributed by atoms with van der Waals surface area (Å²) < 4.78 is 9.38. The third-order valence-corrected chi connectivity index (χ3v) is 0.936. The average Bonchev–Trinajstić information content (AvgIpc) is 2.67. The third-order valence-electron chi connectivity index (χ3n) is 0.936. The van der Waals surface area contributed by atoms with E-state index in [0.717, 1.165) is 0 Å². The van der Waals surface area contributed by atoms with Crippen LogP contribution in [0.3, 0.4) is 0 Å². The van der Waals surface area contributed by atoms with E-state index in [4.69, 9.17) is 4.74 Å². The van der Waals surface area contributed by atoms with E-state index in [1.807, 2.05) is 0 Å². The van der Waals surface area contributed by atoms with Crippen LogP contribution in [0.4, 0.5) is 0 Å². The maximum atomic E-state index is 4.72. The van der Waals surface area contributed by atoms with Crippen LogP contribution in [0.25, 0.3) is 0 Å². The number of nitrogens with zero attached hydrogens (tertiary/aromatic N) is 1. The zero-order chi connectivity index (χ0) is 7.07. The summed E-state index contributed by atoms with van der Waals surface area (Å²) in [5, 5.41) is 2.82. The Morgan fingerprint density at radius 1 is 1.50 bits per heavy atom. The van der Waals surface area contributed by atoms with Crippen molar-refractivity contribution in [1.29, 1.82) is 0 Å². The summed E-state index contributed by atoms with van der Waals surface area (Å²) in [5.41, 5.74) is 0. The van der Waals surface area contributed by atoms with E-state index in [1.54, 1.807) is 18.7 Å². The van der Waals surface area contributed by atoms with E-state index in [2.05, 4.69) is 15.0 Å². The monoisotopic (exact) mass is 142 g/mol. The van der Waals surface area contributed by atoms with Crippen LogP contribution >= 0.6 is 0 Å². The molecule has 0 radical (unpaired) electrons. The van der Waals surface area contributed by atoms with Crippen LogP contribution < -0.4 is 5.32 Å². The molecule has 0 fully saturated rings. The molecule has 2 rings (SSSR count). The highest BCUT2D eigenvalue weighted by Gasteiger charge is 1.84. The molecule has 0 aromatic heterocycles. The molecule has 0 spiro atoms. The minimum absolute atomic E-state index is 0.569. The Morgan fingerprint density at radius 2 is 2.50 bits per heavy atom. The van der Waals surface area contributed by atoms with E-state index in [0.29, 0.717) is 20.1 Å². The largest absolute Gasteiger partial charge is 0.479 e. The number of hydrogen-bond acceptors (Lipinski definition) is 4. The highest BCUT2D eigenvalue weighted by Crippen LogP contribution is 1.79. The van der Waals surface area contributed by atoms with Crippen LogP contribution in [0.2, 0.25) is 0 Å². The molecule has 1 N–H and O–H groups in total. The van der Waals surface area contributed by atoms with Gasteiger partial charge in [-0.1, -0.05) is 0 Å². The predicted molar refractivity (Wildman–Crippen MR) is 37.5 cm³/mol. The van der Waals surface area contributed by atoms with Gasteiger partial charge in [-0.25, -0.2) is 0 Å². The van der Waals surface area contributed by atoms with Crippen molar-refractivity contribution < 1.29 is 9.47 Å². The van der Waals surface area contributed by atoms with E-state index in [1.165, 1.54) is 0 Å². The molecule has 0 aliphatic carbocycles. The molecule has 0 unspecified atom stereocenters. The fourth-order valence-electron chi connectivity index (χ4n) is 0.504. The molecule has 2 aliphatic heterocycles. The van der Waals surface area contributed by atoms with Gasteiger partial charge < -0.3 is 14.8 Å². The van der Waals surface area contributed by atoms with Crippen molar-refractivity contribution in [2.75, 3.05) is 20.1 Å². The third kappa shape index (κ3) is 3.09. The second-order valence-corrected chi connectivity index (χ2v) is 1.68. The smallest absolute Gasteiger partial charge is 0.157 e. The van der Waals surface area contributed by atoms with Gasteiger partial charge in [0.25, 0.3) is 0 Å². The molecular formula is C6H10N2O2. The maximum Gasteiger partial charge on any atom is 0.157 e. The molecule has 0 aromatic rings. The highest BCUT2D eigenvalue weighted by molar-refractivity contribution is 5.59. The first kappa shape index (κ1) is 7.08. The van der Waals surface area contributed by atoms with Crippen molar-refractivity contribution in [2.45, 2.75) is 0 Å². The van der Waals surface area contributed by atoms with E-state index >= 15 is 0 Å². The minimum Gasteiger partial charge on any atom is -0.479 e. The van der Waals surface area contributed by atoms with Gasteiger partial charge in [0.2, 0.25) is 0 Å². The molecule has 0 atom stereocenters. The molecular weight excluding hydrogens is 132 g/mol. The maximum absolute atomic E-state index is 4.72. The van der Waals surface area contributed by atoms with Gasteiger partial charge in [-0.15, -0.1) is 0 Å². The second kappa shape index (κ2) is 4.81. The number of rotatable bonds is 0. The van der Waals surface area contributed by atoms with Crippen molar-refractivity contribution in [3.63, 3.8) is 0 Å². The van der Waals surface area contributed by atoms with Crippen LogP contribution in [0.5, 0.6) is 0 Å². The van der Waals surface area contributed by atoms with Gasteiger partial charge in [0.05, 0.1) is 6.61 Å². The molecule has 4 nitrogen and oxygen atoms in total. The lowest BCUT2D eigenvalue weighted by Crippen LogP contribution is -1.98. The molecule has 0 saturated carbocycles. The second-order valence-electron chi connectivity index (χ2n) is 1.68. The average molecular weight is 142 g/mol. The van der Waals surface area contributed by atoms with Crippen LogP contribution in [-0.2, 0) is 9.47 Å². The summed E-state index contributed by atoms with van der Waals surface area (Å²) in [5.74, 6) is 0. The van der Waals surface area contributed by atoms with Crippen molar-refractivity contribution in [3.05, 3.63) is 12.5 Å². The summed E-state index contributed by atoms with van der Waals surface area (Å²) in [6, 6.07) is 0. The summed E-state index contributed by atoms with van der Waals surface area (Å²) in [6.45, 7) is 1.92. The first-order chi connectivity index (χ1) is 5.00. The van der Waals surface area contributed by atoms with E-state index in [9.17, 15) is 0 Å². The van der Waals surface area contributed by atoms with Crippen molar-refractivity contribution in [2.24, 2.45) is 4.99 Å². The number of hydrogen-bond donors (Lipinski definition) is 1. The zero-order valence-corrected chi connectivity index (χ0v) is 5.62. The quantitative estimate of drug-likeness (QED) is 0.521. The molecule has 0 saturated heterocycles. The Balaban J connectivity index is 0.0000001000. The molecule has 2 heterocycles. The number of aliphatic imine (C=N–C) groups is 1. The summed E-state index contributed by atoms with van der Waals surface area (Å²) in [4.78, 5) is 3.74. The van der Waals surface area contributed by atoms with Gasteiger partial charge in [0, 0.05) is 12.4 Å². The summed E-state index contributed by atoms with van der Waals surface area (Å²) >= 11 is 0. The van der Waals surface area contributed by atoms with Crippen molar-refractivity contribution >= 4 is 6.21 Å². The first-order valence-electron chi connectivity index (χ1n) is 3.06. The molecule has 56 valence electrons. The summed E-state index contributed by atoms with van der Waals surface area (Å²) in [6.07, 6.45) is 5.15. The predicted octanol–water partition coefficient (Wildman–Crippen LogP) is 0.0798. The van der Waals surface area contributed by atoms with Crippen LogP contribution in [-0.4, -0.2) is 26.3 Å². The molecule has 2 aliphatic rings. The molecule has 0 aromatic carbocycles. The Labute approximate surface area is 59.5 Å². The fraction of sp³-hybridized carbons (Fsp3) is 0.500. The SMILES string of the molecule is C1=COCN1.C1=NCOC1. The van der Waals surface area contributed by atoms with Gasteiger partial charge in [0.15, 0.2) is 6.73 Å². The van der Waals surface area contributed by atoms with Gasteiger partial charge in [-0.2, -0.15) is 0 Å². The lowest BCUT2D eigenvalue weighted by atomic mass is 10.8. The van der Waals surface area contributed by atoms with Crippen LogP contribution in [0, 0.1) is 0 Å². The van der Waals surface area contributed by atoms with Crippen molar-refractivity contribution in [1.82, 2.24) is 5.32 Å². The fourth-order valence-corrected chi connectivity index (χ4v) is 0.504. The molecule has 0 amide bonds. The highest BCUT2D eigenvalue weighted by atomic mass is 16.5. The number of nitrogens with one attached hydrogen (secondary N) is 1. The van der Waals surface area contributed by atoms with E-state index < -0.39 is 0 Å². The standard InChI is InChI=1S/2C3H5NO/c2*1-2-5-3-4-1/h1H,2-3H2;1-2,4H,3H2. The summed E-state index contributed by atoms with van der Waals surface area (Å²) in [7, 11) is 0. The Morgan fingerprint density at radius 3 is 2.70 bits per heavy atom. The van der Waals surface area contributed by atoms with Gasteiger partial charge in [-0.05, 0) is 0 Å². The Hall–Kier alpha value is -1.03. The van der Waals surface area contributed by atoms with Crippen LogP contribution in [0.15, 0.2) is 17.5 Å². The van der Waals surface area contributed by atoms with Gasteiger partial charge in [0.1, 0.15) is 13.0 Å². The molecule has 10 heavy (non-hydrogen) atoms. The zero-order valence-electron chi connectivity index (χ0n) is 5.62. The lowest BCUT2D eigenvalue weighted by molar-refractivity contribution is 0.203. The van der Waals surface area contributed by atoms with Crippen LogP contribution in [0.1, 0.15) is 0 Å². The Bertz CT molecular complexity index is 106.